The Morgan fingerprint density at radius 2 is 1.76 bits per heavy atom. The summed E-state index contributed by atoms with van der Waals surface area (Å²) < 4.78 is 18.1. The van der Waals surface area contributed by atoms with E-state index < -0.39 is 0 Å². The van der Waals surface area contributed by atoms with Crippen molar-refractivity contribution in [1.82, 2.24) is 19.3 Å². The second-order valence-electron chi connectivity index (χ2n) is 7.68. The predicted molar refractivity (Wildman–Crippen MR) is 131 cm³/mol. The molecule has 33 heavy (non-hydrogen) atoms. The van der Waals surface area contributed by atoms with E-state index in [0.717, 1.165) is 23.1 Å². The molecule has 0 spiro atoms. The molecule has 1 N–H and O–H groups in total. The van der Waals surface area contributed by atoms with Gasteiger partial charge in [0.1, 0.15) is 5.82 Å². The fraction of sp³-hybridized carbons (Fsp3) is 0.160. The molecule has 3 aromatic carbocycles. The molecule has 0 bridgehead atoms. The number of amides is 1. The van der Waals surface area contributed by atoms with Gasteiger partial charge in [-0.1, -0.05) is 42.1 Å². The number of fused-ring (bicyclic) bond motifs is 3. The summed E-state index contributed by atoms with van der Waals surface area (Å²) in [4.78, 5) is 12.6. The van der Waals surface area contributed by atoms with Gasteiger partial charge in [0.15, 0.2) is 11.0 Å². The van der Waals surface area contributed by atoms with Gasteiger partial charge in [0, 0.05) is 41.1 Å². The van der Waals surface area contributed by atoms with Crippen molar-refractivity contribution in [1.29, 1.82) is 0 Å². The fourth-order valence-electron chi connectivity index (χ4n) is 4.12. The number of carbonyl (C=O) groups excluding carboxylic acids is 1. The van der Waals surface area contributed by atoms with Crippen molar-refractivity contribution >= 4 is 45.2 Å². The Balaban J connectivity index is 1.32. The molecule has 0 radical (unpaired) electrons. The lowest BCUT2D eigenvalue weighted by Crippen LogP contribution is -2.14. The van der Waals surface area contributed by atoms with Crippen molar-refractivity contribution in [3.8, 4) is 11.4 Å². The Morgan fingerprint density at radius 3 is 2.58 bits per heavy atom. The Morgan fingerprint density at radius 1 is 1.00 bits per heavy atom. The molecule has 5 rings (SSSR count). The number of anilines is 1. The normalized spacial score (nSPS) is 11.4. The molecule has 0 saturated heterocycles. The molecule has 5 aromatic rings. The van der Waals surface area contributed by atoms with Crippen molar-refractivity contribution in [2.45, 2.75) is 18.6 Å². The van der Waals surface area contributed by atoms with E-state index in [1.54, 1.807) is 29.8 Å². The van der Waals surface area contributed by atoms with E-state index in [-0.39, 0.29) is 17.5 Å². The molecule has 1 amide bonds. The topological polar surface area (TPSA) is 64.7 Å². The number of para-hydroxylation sites is 1. The molecule has 8 heteroatoms. The molecule has 2 heterocycles. The molecule has 0 atom stereocenters. The van der Waals surface area contributed by atoms with Crippen LogP contribution in [0, 0.1) is 5.82 Å². The monoisotopic (exact) mass is 459 g/mol. The highest BCUT2D eigenvalue weighted by molar-refractivity contribution is 7.99. The lowest BCUT2D eigenvalue weighted by atomic mass is 10.1. The lowest BCUT2D eigenvalue weighted by Gasteiger charge is -2.07. The number of rotatable bonds is 6. The number of nitrogens with one attached hydrogen (secondary N) is 1. The van der Waals surface area contributed by atoms with Gasteiger partial charge in [0.05, 0.1) is 11.3 Å². The van der Waals surface area contributed by atoms with Gasteiger partial charge in [-0.2, -0.15) is 0 Å². The molecule has 0 aliphatic carbocycles. The van der Waals surface area contributed by atoms with Crippen LogP contribution < -0.4 is 5.32 Å². The van der Waals surface area contributed by atoms with Crippen LogP contribution in [0.2, 0.25) is 0 Å². The van der Waals surface area contributed by atoms with Gasteiger partial charge in [-0.3, -0.25) is 4.79 Å². The number of aryl methyl sites for hydroxylation is 1. The van der Waals surface area contributed by atoms with E-state index in [1.807, 2.05) is 30.3 Å². The second kappa shape index (κ2) is 8.71. The number of thioether (sulfide) groups is 1. The molecular weight excluding hydrogens is 437 g/mol. The minimum atomic E-state index is -0.359. The highest BCUT2D eigenvalue weighted by atomic mass is 32.2. The number of hydrogen-bond acceptors (Lipinski definition) is 4. The van der Waals surface area contributed by atoms with Gasteiger partial charge >= 0.3 is 0 Å². The molecular formula is C25H22FN5OS. The fourth-order valence-corrected chi connectivity index (χ4v) is 4.83. The van der Waals surface area contributed by atoms with Gasteiger partial charge in [-0.15, -0.1) is 10.2 Å². The van der Waals surface area contributed by atoms with Crippen LogP contribution in [0.5, 0.6) is 0 Å². The Bertz CT molecular complexity index is 1490. The van der Waals surface area contributed by atoms with E-state index in [9.17, 15) is 9.18 Å². The first kappa shape index (κ1) is 21.2. The first-order valence-electron chi connectivity index (χ1n) is 10.6. The number of halogens is 1. The van der Waals surface area contributed by atoms with Crippen LogP contribution >= 0.6 is 11.8 Å². The Kier molecular flexibility index (Phi) is 5.60. The lowest BCUT2D eigenvalue weighted by molar-refractivity contribution is -0.113. The summed E-state index contributed by atoms with van der Waals surface area (Å²) in [6, 6.07) is 20.7. The van der Waals surface area contributed by atoms with E-state index in [4.69, 9.17) is 0 Å². The van der Waals surface area contributed by atoms with Gasteiger partial charge in [-0.25, -0.2) is 4.39 Å². The van der Waals surface area contributed by atoms with E-state index in [0.29, 0.717) is 16.5 Å². The zero-order valence-electron chi connectivity index (χ0n) is 18.2. The maximum atomic E-state index is 14.1. The zero-order valence-corrected chi connectivity index (χ0v) is 19.1. The maximum absolute atomic E-state index is 14.1. The van der Waals surface area contributed by atoms with Crippen LogP contribution in [0.15, 0.2) is 71.9 Å². The van der Waals surface area contributed by atoms with Crippen molar-refractivity contribution in [3.05, 3.63) is 72.5 Å². The summed E-state index contributed by atoms with van der Waals surface area (Å²) in [5.41, 5.74) is 3.45. The quantitative estimate of drug-likeness (QED) is 0.342. The zero-order chi connectivity index (χ0) is 22.9. The Hall–Kier alpha value is -3.65. The highest BCUT2D eigenvalue weighted by Gasteiger charge is 2.16. The summed E-state index contributed by atoms with van der Waals surface area (Å²) in [6.45, 7) is 3.00. The van der Waals surface area contributed by atoms with Crippen LogP contribution in [0.3, 0.4) is 0 Å². The van der Waals surface area contributed by atoms with Crippen molar-refractivity contribution in [2.75, 3.05) is 11.1 Å². The minimum absolute atomic E-state index is 0.144. The summed E-state index contributed by atoms with van der Waals surface area (Å²) in [7, 11) is 1.76. The van der Waals surface area contributed by atoms with Crippen LogP contribution in [-0.2, 0) is 18.4 Å². The number of benzene rings is 3. The molecule has 0 aliphatic rings. The van der Waals surface area contributed by atoms with Crippen LogP contribution in [0.25, 0.3) is 33.2 Å². The molecule has 6 nitrogen and oxygen atoms in total. The summed E-state index contributed by atoms with van der Waals surface area (Å²) in [5.74, 6) is 0.0859. The van der Waals surface area contributed by atoms with E-state index in [2.05, 4.69) is 39.1 Å². The van der Waals surface area contributed by atoms with Crippen LogP contribution in [0.1, 0.15) is 6.92 Å². The molecule has 2 aromatic heterocycles. The number of nitrogens with zero attached hydrogens (tertiary/aromatic N) is 4. The Labute approximate surface area is 194 Å². The largest absolute Gasteiger partial charge is 0.341 e. The smallest absolute Gasteiger partial charge is 0.234 e. The SMILES string of the molecule is CCn1c2ccccc2c2cc(NC(=O)CSc3nnc(-c4ccccc4F)n3C)ccc21. The summed E-state index contributed by atoms with van der Waals surface area (Å²) >= 11 is 1.26. The molecule has 166 valence electrons. The summed E-state index contributed by atoms with van der Waals surface area (Å²) in [6.07, 6.45) is 0. The van der Waals surface area contributed by atoms with Gasteiger partial charge in [0.25, 0.3) is 0 Å². The van der Waals surface area contributed by atoms with Crippen molar-refractivity contribution in [2.24, 2.45) is 7.05 Å². The van der Waals surface area contributed by atoms with Gasteiger partial charge in [-0.05, 0) is 43.3 Å². The molecule has 0 unspecified atom stereocenters. The number of aromatic nitrogens is 4. The summed E-state index contributed by atoms with van der Waals surface area (Å²) in [5, 5.41) is 14.0. The first-order valence-corrected chi connectivity index (χ1v) is 11.6. The van der Waals surface area contributed by atoms with E-state index in [1.165, 1.54) is 28.7 Å². The van der Waals surface area contributed by atoms with Crippen LogP contribution in [-0.4, -0.2) is 31.0 Å². The van der Waals surface area contributed by atoms with Crippen LogP contribution in [0.4, 0.5) is 10.1 Å². The van der Waals surface area contributed by atoms with Crippen molar-refractivity contribution < 1.29 is 9.18 Å². The number of hydrogen-bond donors (Lipinski definition) is 1. The molecule has 0 aliphatic heterocycles. The molecule has 0 saturated carbocycles. The van der Waals surface area contributed by atoms with Gasteiger partial charge < -0.3 is 14.5 Å². The third kappa shape index (κ3) is 3.87. The van der Waals surface area contributed by atoms with Crippen molar-refractivity contribution in [3.63, 3.8) is 0 Å². The third-order valence-corrected chi connectivity index (χ3v) is 6.67. The van der Waals surface area contributed by atoms with Gasteiger partial charge in [0.2, 0.25) is 5.91 Å². The first-order chi connectivity index (χ1) is 16.1. The minimum Gasteiger partial charge on any atom is -0.341 e. The second-order valence-corrected chi connectivity index (χ2v) is 8.62. The standard InChI is InChI=1S/C25H22FN5OS/c1-3-31-21-11-7-5-8-17(21)19-14-16(12-13-22(19)31)27-23(32)15-33-25-29-28-24(30(25)2)18-9-4-6-10-20(18)26/h4-14H,3,15H2,1-2H3,(H,27,32). The third-order valence-electron chi connectivity index (χ3n) is 5.65. The highest BCUT2D eigenvalue weighted by Crippen LogP contribution is 2.31. The number of carbonyl (C=O) groups is 1. The van der Waals surface area contributed by atoms with E-state index >= 15 is 0 Å². The maximum Gasteiger partial charge on any atom is 0.234 e. The average molecular weight is 460 g/mol. The average Bonchev–Trinajstić information content (AvgIpc) is 3.35. The predicted octanol–water partition coefficient (Wildman–Crippen LogP) is 5.48. The molecule has 0 fully saturated rings.